The summed E-state index contributed by atoms with van der Waals surface area (Å²) in [5, 5.41) is 12.3. The lowest BCUT2D eigenvalue weighted by Crippen LogP contribution is -2.00. The summed E-state index contributed by atoms with van der Waals surface area (Å²) in [4.78, 5) is 11.3. The largest absolute Gasteiger partial charge is 0.438 e. The van der Waals surface area contributed by atoms with Gasteiger partial charge in [-0.2, -0.15) is 0 Å². The predicted molar refractivity (Wildman–Crippen MR) is 93.3 cm³/mol. The molecule has 5 rings (SSSR count). The van der Waals surface area contributed by atoms with Crippen LogP contribution in [0.5, 0.6) is 11.6 Å². The second-order valence-corrected chi connectivity index (χ2v) is 7.01. The summed E-state index contributed by atoms with van der Waals surface area (Å²) in [6.45, 7) is 0. The first-order valence-corrected chi connectivity index (χ1v) is 8.97. The molecule has 0 fully saturated rings. The smallest absolute Gasteiger partial charge is 0.231 e. The van der Waals surface area contributed by atoms with Crippen molar-refractivity contribution in [3.8, 4) is 17.3 Å². The van der Waals surface area contributed by atoms with Crippen molar-refractivity contribution >= 4 is 21.6 Å². The minimum absolute atomic E-state index is 0.623. The van der Waals surface area contributed by atoms with E-state index >= 15 is 0 Å². The van der Waals surface area contributed by atoms with Crippen molar-refractivity contribution < 1.29 is 4.74 Å². The van der Waals surface area contributed by atoms with Crippen LogP contribution in [-0.4, -0.2) is 30.2 Å². The number of aryl methyl sites for hydroxylation is 2. The number of nitrogens with zero attached hydrogens (tertiary/aromatic N) is 6. The Hall–Kier alpha value is -2.87. The van der Waals surface area contributed by atoms with Crippen LogP contribution in [0, 0.1) is 0 Å². The molecule has 0 atom stereocenters. The zero-order valence-corrected chi connectivity index (χ0v) is 14.1. The van der Waals surface area contributed by atoms with Crippen molar-refractivity contribution in [2.24, 2.45) is 0 Å². The van der Waals surface area contributed by atoms with Crippen LogP contribution in [0.1, 0.15) is 23.3 Å². The average molecular weight is 350 g/mol. The quantitative estimate of drug-likeness (QED) is 0.564. The van der Waals surface area contributed by atoms with E-state index in [-0.39, 0.29) is 0 Å². The number of fused-ring (bicyclic) bond motifs is 3. The van der Waals surface area contributed by atoms with E-state index in [1.54, 1.807) is 28.7 Å². The third kappa shape index (κ3) is 2.54. The summed E-state index contributed by atoms with van der Waals surface area (Å²) in [6, 6.07) is 7.63. The van der Waals surface area contributed by atoms with Crippen molar-refractivity contribution in [3.63, 3.8) is 0 Å². The first-order valence-electron chi connectivity index (χ1n) is 8.15. The molecule has 25 heavy (non-hydrogen) atoms. The van der Waals surface area contributed by atoms with Crippen molar-refractivity contribution in [2.45, 2.75) is 25.7 Å². The maximum absolute atomic E-state index is 6.13. The maximum atomic E-state index is 6.13. The standard InChI is InChI=1S/C17H14N6OS/c1-2-7-14-13(6-1)15-16(18-9-19-17(15)25-14)24-12-5-3-4-11(8-12)23-10-20-21-22-23/h3-5,8-10H,1-2,6-7H2. The number of hydrogen-bond donors (Lipinski definition) is 0. The molecule has 0 bridgehead atoms. The van der Waals surface area contributed by atoms with Gasteiger partial charge in [0.1, 0.15) is 23.2 Å². The molecule has 3 aromatic heterocycles. The summed E-state index contributed by atoms with van der Waals surface area (Å²) >= 11 is 1.76. The first kappa shape index (κ1) is 14.5. The summed E-state index contributed by atoms with van der Waals surface area (Å²) in [5.74, 6) is 1.32. The Balaban J connectivity index is 1.56. The van der Waals surface area contributed by atoms with Gasteiger partial charge in [-0.15, -0.1) is 16.4 Å². The zero-order valence-electron chi connectivity index (χ0n) is 13.3. The molecule has 1 aromatic carbocycles. The number of aromatic nitrogens is 6. The highest BCUT2D eigenvalue weighted by Gasteiger charge is 2.21. The molecular formula is C17H14N6OS. The molecule has 4 aromatic rings. The van der Waals surface area contributed by atoms with Crippen LogP contribution >= 0.6 is 11.3 Å². The van der Waals surface area contributed by atoms with Crippen LogP contribution in [0.2, 0.25) is 0 Å². The molecule has 0 unspecified atom stereocenters. The highest BCUT2D eigenvalue weighted by Crippen LogP contribution is 2.40. The van der Waals surface area contributed by atoms with E-state index in [0.717, 1.165) is 28.7 Å². The predicted octanol–water partition coefficient (Wildman–Crippen LogP) is 3.34. The lowest BCUT2D eigenvalue weighted by atomic mass is 9.97. The molecular weight excluding hydrogens is 336 g/mol. The van der Waals surface area contributed by atoms with E-state index in [2.05, 4.69) is 25.5 Å². The van der Waals surface area contributed by atoms with Gasteiger partial charge in [-0.05, 0) is 53.8 Å². The van der Waals surface area contributed by atoms with Crippen molar-refractivity contribution in [1.82, 2.24) is 30.2 Å². The third-order valence-electron chi connectivity index (χ3n) is 4.36. The van der Waals surface area contributed by atoms with Gasteiger partial charge in [0.2, 0.25) is 5.88 Å². The van der Waals surface area contributed by atoms with Gasteiger partial charge in [0.25, 0.3) is 0 Å². The number of tetrazole rings is 1. The zero-order chi connectivity index (χ0) is 16.6. The molecule has 1 aliphatic carbocycles. The highest BCUT2D eigenvalue weighted by atomic mass is 32.1. The Morgan fingerprint density at radius 2 is 2.08 bits per heavy atom. The molecule has 0 aliphatic heterocycles. The van der Waals surface area contributed by atoms with E-state index in [4.69, 9.17) is 4.74 Å². The second-order valence-electron chi connectivity index (χ2n) is 5.92. The molecule has 0 saturated heterocycles. The summed E-state index contributed by atoms with van der Waals surface area (Å²) in [7, 11) is 0. The van der Waals surface area contributed by atoms with Gasteiger partial charge in [-0.25, -0.2) is 14.6 Å². The van der Waals surface area contributed by atoms with Gasteiger partial charge >= 0.3 is 0 Å². The van der Waals surface area contributed by atoms with Gasteiger partial charge in [0, 0.05) is 10.9 Å². The Bertz CT molecular complexity index is 1040. The number of hydrogen-bond acceptors (Lipinski definition) is 7. The minimum atomic E-state index is 0.623. The normalized spacial score (nSPS) is 13.8. The number of benzene rings is 1. The fourth-order valence-electron chi connectivity index (χ4n) is 3.22. The summed E-state index contributed by atoms with van der Waals surface area (Å²) in [6.07, 6.45) is 7.79. The third-order valence-corrected chi connectivity index (χ3v) is 5.56. The Kier molecular flexibility index (Phi) is 3.41. The monoisotopic (exact) mass is 350 g/mol. The molecule has 1 aliphatic rings. The maximum Gasteiger partial charge on any atom is 0.231 e. The minimum Gasteiger partial charge on any atom is -0.438 e. The first-order chi connectivity index (χ1) is 12.4. The number of rotatable bonds is 3. The Labute approximate surface area is 147 Å². The van der Waals surface area contributed by atoms with Crippen molar-refractivity contribution in [2.75, 3.05) is 0 Å². The molecule has 0 N–H and O–H groups in total. The molecule has 3 heterocycles. The summed E-state index contributed by atoms with van der Waals surface area (Å²) < 4.78 is 7.72. The van der Waals surface area contributed by atoms with E-state index in [1.807, 2.05) is 24.3 Å². The van der Waals surface area contributed by atoms with Crippen molar-refractivity contribution in [3.05, 3.63) is 47.4 Å². The van der Waals surface area contributed by atoms with Crippen LogP contribution in [0.4, 0.5) is 0 Å². The molecule has 0 saturated carbocycles. The number of ether oxygens (including phenoxy) is 1. The Morgan fingerprint density at radius 3 is 3.00 bits per heavy atom. The SMILES string of the molecule is c1cc(Oc2ncnc3sc4c(c23)CCCC4)cc(-n2cnnn2)c1. The van der Waals surface area contributed by atoms with E-state index < -0.39 is 0 Å². The van der Waals surface area contributed by atoms with Crippen molar-refractivity contribution in [1.29, 1.82) is 0 Å². The van der Waals surface area contributed by atoms with Crippen LogP contribution in [0.3, 0.4) is 0 Å². The summed E-state index contributed by atoms with van der Waals surface area (Å²) in [5.41, 5.74) is 2.19. The fourth-order valence-corrected chi connectivity index (χ4v) is 4.44. The van der Waals surface area contributed by atoms with E-state index in [1.165, 1.54) is 23.3 Å². The van der Waals surface area contributed by atoms with Gasteiger partial charge in [-0.1, -0.05) is 6.07 Å². The lowest BCUT2D eigenvalue weighted by Gasteiger charge is -2.12. The molecule has 8 heteroatoms. The lowest BCUT2D eigenvalue weighted by molar-refractivity contribution is 0.467. The molecule has 0 radical (unpaired) electrons. The molecule has 7 nitrogen and oxygen atoms in total. The topological polar surface area (TPSA) is 78.6 Å². The van der Waals surface area contributed by atoms with Crippen LogP contribution in [0.15, 0.2) is 36.9 Å². The highest BCUT2D eigenvalue weighted by molar-refractivity contribution is 7.18. The molecule has 0 spiro atoms. The van der Waals surface area contributed by atoms with Gasteiger partial charge < -0.3 is 4.74 Å². The van der Waals surface area contributed by atoms with Gasteiger partial charge in [-0.3, -0.25) is 0 Å². The van der Waals surface area contributed by atoms with Gasteiger partial charge in [0.05, 0.1) is 11.1 Å². The molecule has 124 valence electrons. The molecule has 0 amide bonds. The number of thiophene rings is 1. The Morgan fingerprint density at radius 1 is 1.12 bits per heavy atom. The van der Waals surface area contributed by atoms with Crippen LogP contribution < -0.4 is 4.74 Å². The fraction of sp³-hybridized carbons (Fsp3) is 0.235. The second kappa shape index (κ2) is 5.89. The van der Waals surface area contributed by atoms with Gasteiger partial charge in [0.15, 0.2) is 0 Å². The van der Waals surface area contributed by atoms with Crippen LogP contribution in [-0.2, 0) is 12.8 Å². The van der Waals surface area contributed by atoms with E-state index in [9.17, 15) is 0 Å². The average Bonchev–Trinajstić information content (AvgIpc) is 3.30. The van der Waals surface area contributed by atoms with E-state index in [0.29, 0.717) is 11.6 Å². The van der Waals surface area contributed by atoms with Crippen LogP contribution in [0.25, 0.3) is 15.9 Å².